The Morgan fingerprint density at radius 2 is 1.00 bits per heavy atom. The van der Waals surface area contributed by atoms with Crippen LogP contribution >= 0.6 is 27.7 Å². The molecule has 0 spiro atoms. The maximum absolute atomic E-state index is 3.58. The van der Waals surface area contributed by atoms with Crippen LogP contribution < -0.4 is 0 Å². The molecular formula is C26H17BrS. The molecule has 3 aliphatic rings. The van der Waals surface area contributed by atoms with Crippen molar-refractivity contribution in [1.82, 2.24) is 0 Å². The molecular weight excluding hydrogens is 424 g/mol. The zero-order chi connectivity index (χ0) is 18.7. The minimum absolute atomic E-state index is 0.216. The quantitative estimate of drug-likeness (QED) is 0.314. The van der Waals surface area contributed by atoms with Gasteiger partial charge in [-0.3, -0.25) is 0 Å². The standard InChI is InChI=1S/C26H17BrS/c27-17-13-15-18(16-14-17)28-26-22-10-4-1-7-19(22)25(20-8-2-5-11-23(20)26)21-9-3-6-12-24(21)26/h1-16,25H. The van der Waals surface area contributed by atoms with Crippen molar-refractivity contribution in [1.29, 1.82) is 0 Å². The Morgan fingerprint density at radius 3 is 1.46 bits per heavy atom. The summed E-state index contributed by atoms with van der Waals surface area (Å²) in [6.07, 6.45) is 0. The average molecular weight is 441 g/mol. The van der Waals surface area contributed by atoms with Crippen LogP contribution in [0.1, 0.15) is 39.3 Å². The molecule has 0 heterocycles. The molecule has 0 fully saturated rings. The van der Waals surface area contributed by atoms with E-state index in [1.165, 1.54) is 38.3 Å². The van der Waals surface area contributed by atoms with Crippen LogP contribution in [0, 0.1) is 0 Å². The second-order valence-electron chi connectivity index (χ2n) is 7.43. The summed E-state index contributed by atoms with van der Waals surface area (Å²) >= 11 is 5.54. The molecule has 28 heavy (non-hydrogen) atoms. The van der Waals surface area contributed by atoms with Crippen molar-refractivity contribution in [3.63, 3.8) is 0 Å². The number of hydrogen-bond acceptors (Lipinski definition) is 1. The first-order valence-corrected chi connectivity index (χ1v) is 11.1. The minimum atomic E-state index is -0.216. The summed E-state index contributed by atoms with van der Waals surface area (Å²) in [5.41, 5.74) is 8.65. The van der Waals surface area contributed by atoms with Gasteiger partial charge in [0.1, 0.15) is 0 Å². The van der Waals surface area contributed by atoms with Gasteiger partial charge in [0.05, 0.1) is 4.75 Å². The first-order chi connectivity index (χ1) is 13.8. The second-order valence-corrected chi connectivity index (χ2v) is 9.64. The molecule has 4 aromatic carbocycles. The van der Waals surface area contributed by atoms with Crippen LogP contribution in [0.3, 0.4) is 0 Å². The van der Waals surface area contributed by atoms with Gasteiger partial charge in [0.25, 0.3) is 0 Å². The average Bonchev–Trinajstić information content (AvgIpc) is 2.76. The highest BCUT2D eigenvalue weighted by Crippen LogP contribution is 2.64. The number of halogens is 1. The summed E-state index contributed by atoms with van der Waals surface area (Å²) in [6.45, 7) is 0. The molecule has 7 rings (SSSR count). The Kier molecular flexibility index (Phi) is 3.63. The van der Waals surface area contributed by atoms with Crippen molar-refractivity contribution < 1.29 is 0 Å². The normalized spacial score (nSPS) is 21.0. The predicted octanol–water partition coefficient (Wildman–Crippen LogP) is 7.34. The van der Waals surface area contributed by atoms with Gasteiger partial charge in [-0.05, 0) is 57.6 Å². The fourth-order valence-corrected chi connectivity index (χ4v) is 6.77. The van der Waals surface area contributed by atoms with Crippen LogP contribution in [0.2, 0.25) is 0 Å². The lowest BCUT2D eigenvalue weighted by atomic mass is 9.60. The lowest BCUT2D eigenvalue weighted by molar-refractivity contribution is 0.713. The van der Waals surface area contributed by atoms with E-state index in [-0.39, 0.29) is 4.75 Å². The fourth-order valence-electron chi connectivity index (χ4n) is 4.99. The third-order valence-electron chi connectivity index (χ3n) is 6.04. The van der Waals surface area contributed by atoms with Crippen LogP contribution in [0.5, 0.6) is 0 Å². The smallest absolute Gasteiger partial charge is 0.0963 e. The van der Waals surface area contributed by atoms with Crippen molar-refractivity contribution in [3.8, 4) is 0 Å². The number of rotatable bonds is 2. The Morgan fingerprint density at radius 1 is 0.571 bits per heavy atom. The molecule has 134 valence electrons. The van der Waals surface area contributed by atoms with E-state index in [9.17, 15) is 0 Å². The molecule has 0 aliphatic heterocycles. The van der Waals surface area contributed by atoms with E-state index in [1.54, 1.807) is 0 Å². The Balaban J connectivity index is 1.71. The van der Waals surface area contributed by atoms with E-state index in [0.29, 0.717) is 5.92 Å². The van der Waals surface area contributed by atoms with E-state index in [4.69, 9.17) is 0 Å². The molecule has 0 N–H and O–H groups in total. The van der Waals surface area contributed by atoms with Gasteiger partial charge in [0.2, 0.25) is 0 Å². The highest BCUT2D eigenvalue weighted by atomic mass is 79.9. The second kappa shape index (κ2) is 6.10. The van der Waals surface area contributed by atoms with E-state index in [2.05, 4.69) is 113 Å². The maximum atomic E-state index is 3.58. The molecule has 0 nitrogen and oxygen atoms in total. The van der Waals surface area contributed by atoms with Crippen LogP contribution in [-0.4, -0.2) is 0 Å². The third kappa shape index (κ3) is 2.13. The van der Waals surface area contributed by atoms with Crippen molar-refractivity contribution in [2.75, 3.05) is 0 Å². The van der Waals surface area contributed by atoms with E-state index in [0.717, 1.165) is 4.47 Å². The van der Waals surface area contributed by atoms with Crippen molar-refractivity contribution >= 4 is 27.7 Å². The number of thioether (sulfide) groups is 1. The molecule has 0 saturated carbocycles. The van der Waals surface area contributed by atoms with Gasteiger partial charge >= 0.3 is 0 Å². The van der Waals surface area contributed by atoms with Crippen LogP contribution in [-0.2, 0) is 4.75 Å². The zero-order valence-electron chi connectivity index (χ0n) is 15.1. The molecule has 0 radical (unpaired) electrons. The third-order valence-corrected chi connectivity index (χ3v) is 8.04. The summed E-state index contributed by atoms with van der Waals surface area (Å²) in [4.78, 5) is 1.28. The van der Waals surface area contributed by atoms with E-state index >= 15 is 0 Å². The fraction of sp³-hybridized carbons (Fsp3) is 0.0769. The van der Waals surface area contributed by atoms with Gasteiger partial charge in [-0.1, -0.05) is 88.7 Å². The molecule has 0 atom stereocenters. The Hall–Kier alpha value is -2.29. The Labute approximate surface area is 177 Å². The van der Waals surface area contributed by atoms with Gasteiger partial charge in [0.15, 0.2) is 0 Å². The first kappa shape index (κ1) is 16.6. The van der Waals surface area contributed by atoms with Gasteiger partial charge in [-0.15, -0.1) is 11.8 Å². The van der Waals surface area contributed by atoms with Gasteiger partial charge < -0.3 is 0 Å². The topological polar surface area (TPSA) is 0 Å². The summed E-state index contributed by atoms with van der Waals surface area (Å²) in [5, 5.41) is 0. The summed E-state index contributed by atoms with van der Waals surface area (Å²) in [7, 11) is 0. The van der Waals surface area contributed by atoms with Gasteiger partial charge in [0, 0.05) is 15.3 Å². The van der Waals surface area contributed by atoms with Crippen molar-refractivity contribution in [2.45, 2.75) is 15.6 Å². The minimum Gasteiger partial charge on any atom is -0.105 e. The van der Waals surface area contributed by atoms with Gasteiger partial charge in [-0.2, -0.15) is 0 Å². The maximum Gasteiger partial charge on any atom is 0.0963 e. The highest BCUT2D eigenvalue weighted by Gasteiger charge is 2.52. The largest absolute Gasteiger partial charge is 0.105 e. The monoisotopic (exact) mass is 440 g/mol. The lowest BCUT2D eigenvalue weighted by Crippen LogP contribution is -2.39. The van der Waals surface area contributed by atoms with E-state index < -0.39 is 0 Å². The summed E-state index contributed by atoms with van der Waals surface area (Å²) in [6, 6.07) is 35.8. The van der Waals surface area contributed by atoms with Crippen LogP contribution in [0.25, 0.3) is 0 Å². The molecule has 3 aliphatic carbocycles. The highest BCUT2D eigenvalue weighted by molar-refractivity contribution is 9.10. The summed E-state index contributed by atoms with van der Waals surface area (Å²) < 4.78 is 0.898. The molecule has 0 unspecified atom stereocenters. The van der Waals surface area contributed by atoms with Crippen molar-refractivity contribution in [2.24, 2.45) is 0 Å². The zero-order valence-corrected chi connectivity index (χ0v) is 17.5. The van der Waals surface area contributed by atoms with Crippen molar-refractivity contribution in [3.05, 3.63) is 135 Å². The molecule has 0 amide bonds. The van der Waals surface area contributed by atoms with E-state index in [1.807, 2.05) is 11.8 Å². The SMILES string of the molecule is Brc1ccc(SC23c4ccccc4C(c4ccccc42)c2ccccc23)cc1. The number of benzene rings is 4. The summed E-state index contributed by atoms with van der Waals surface area (Å²) in [5.74, 6) is 0.330. The predicted molar refractivity (Wildman–Crippen MR) is 120 cm³/mol. The Bertz CT molecular complexity index is 1090. The molecule has 2 bridgehead atoms. The first-order valence-electron chi connectivity index (χ1n) is 9.52. The number of hydrogen-bond donors (Lipinski definition) is 0. The molecule has 0 saturated heterocycles. The molecule has 2 heteroatoms. The molecule has 4 aromatic rings. The van der Waals surface area contributed by atoms with Crippen LogP contribution in [0.4, 0.5) is 0 Å². The van der Waals surface area contributed by atoms with Gasteiger partial charge in [-0.25, -0.2) is 0 Å². The molecule has 0 aromatic heterocycles. The lowest BCUT2D eigenvalue weighted by Gasteiger charge is -2.50. The van der Waals surface area contributed by atoms with Crippen LogP contribution in [0.15, 0.2) is 106 Å².